The zero-order valence-corrected chi connectivity index (χ0v) is 25.5. The van der Waals surface area contributed by atoms with Gasteiger partial charge in [0.2, 0.25) is 5.60 Å². The fraction of sp³-hybridized carbons (Fsp3) is 0.294. The number of rotatable bonds is 9. The number of aromatic hydroxyl groups is 1. The number of esters is 2. The highest BCUT2D eigenvalue weighted by molar-refractivity contribution is 5.98. The smallest absolute Gasteiger partial charge is 0.355 e. The molecule has 0 spiro atoms. The number of carbonyl (C=O) groups excluding carboxylic acids is 3. The van der Waals surface area contributed by atoms with Crippen LogP contribution in [-0.2, 0) is 55.6 Å². The van der Waals surface area contributed by atoms with Crippen LogP contribution in [0.4, 0.5) is 0 Å². The zero-order chi connectivity index (χ0) is 32.9. The average Bonchev–Trinajstić information content (AvgIpc) is 3.37. The van der Waals surface area contributed by atoms with Gasteiger partial charge in [-0.05, 0) is 62.5 Å². The van der Waals surface area contributed by atoms with Crippen molar-refractivity contribution < 1.29 is 38.9 Å². The Kier molecular flexibility index (Phi) is 7.69. The molecule has 0 saturated carbocycles. The zero-order valence-electron chi connectivity index (χ0n) is 25.5. The van der Waals surface area contributed by atoms with Crippen LogP contribution in [0.1, 0.15) is 57.9 Å². The lowest BCUT2D eigenvalue weighted by Crippen LogP contribution is -2.47. The van der Waals surface area contributed by atoms with Gasteiger partial charge < -0.3 is 29.2 Å². The molecule has 4 heterocycles. The van der Waals surface area contributed by atoms with E-state index in [1.165, 1.54) is 24.3 Å². The topological polar surface area (TPSA) is 165 Å². The lowest BCUT2D eigenvalue weighted by atomic mass is 9.85. The molecule has 2 aliphatic heterocycles. The van der Waals surface area contributed by atoms with Gasteiger partial charge in [0.05, 0.1) is 34.6 Å². The van der Waals surface area contributed by atoms with Crippen molar-refractivity contribution in [1.82, 2.24) is 14.5 Å². The van der Waals surface area contributed by atoms with Crippen molar-refractivity contribution in [2.45, 2.75) is 51.5 Å². The molecule has 2 aliphatic rings. The first-order valence-corrected chi connectivity index (χ1v) is 14.7. The fourth-order valence-corrected chi connectivity index (χ4v) is 6.19. The number of cyclic esters (lactones) is 1. The number of aromatic nitrogens is 2. The van der Waals surface area contributed by atoms with Crippen molar-refractivity contribution in [2.75, 3.05) is 14.1 Å². The number of carbonyl (C=O) groups is 4. The van der Waals surface area contributed by atoms with Gasteiger partial charge in [0.1, 0.15) is 24.6 Å². The molecule has 12 heteroatoms. The number of phenolic OH excluding ortho intramolecular Hbond substituents is 1. The van der Waals surface area contributed by atoms with E-state index in [9.17, 15) is 29.1 Å². The average molecular weight is 626 g/mol. The number of Topliss-reactive ketones (excluding diaryl/α,β-unsaturated/α-hetero) is 1. The van der Waals surface area contributed by atoms with Crippen molar-refractivity contribution in [3.8, 4) is 17.1 Å². The Labute approximate surface area is 262 Å². The Morgan fingerprint density at radius 3 is 2.50 bits per heavy atom. The van der Waals surface area contributed by atoms with Crippen LogP contribution in [0.25, 0.3) is 22.3 Å². The van der Waals surface area contributed by atoms with Crippen molar-refractivity contribution >= 4 is 34.6 Å². The lowest BCUT2D eigenvalue weighted by Gasteiger charge is -2.35. The molecule has 2 aromatic heterocycles. The third kappa shape index (κ3) is 5.20. The van der Waals surface area contributed by atoms with E-state index in [-0.39, 0.29) is 48.4 Å². The number of nitrogens with zero attached hydrogens (tertiary/aromatic N) is 3. The summed E-state index contributed by atoms with van der Waals surface area (Å²) in [6.07, 6.45) is -0.842. The Morgan fingerprint density at radius 2 is 1.83 bits per heavy atom. The maximum Gasteiger partial charge on any atom is 0.355 e. The van der Waals surface area contributed by atoms with Gasteiger partial charge in [0.25, 0.3) is 5.56 Å². The van der Waals surface area contributed by atoms with E-state index in [4.69, 9.17) is 19.6 Å². The summed E-state index contributed by atoms with van der Waals surface area (Å²) in [7, 11) is 3.79. The summed E-state index contributed by atoms with van der Waals surface area (Å²) >= 11 is 0. The molecule has 4 aromatic rings. The van der Waals surface area contributed by atoms with Crippen molar-refractivity contribution in [3.05, 3.63) is 92.3 Å². The van der Waals surface area contributed by atoms with Gasteiger partial charge in [-0.3, -0.25) is 14.4 Å². The van der Waals surface area contributed by atoms with E-state index >= 15 is 0 Å². The van der Waals surface area contributed by atoms with Gasteiger partial charge in [-0.15, -0.1) is 0 Å². The molecule has 0 bridgehead atoms. The van der Waals surface area contributed by atoms with Crippen LogP contribution in [0.2, 0.25) is 0 Å². The summed E-state index contributed by atoms with van der Waals surface area (Å²) in [5, 5.41) is 20.4. The van der Waals surface area contributed by atoms with Crippen molar-refractivity contribution in [3.63, 3.8) is 0 Å². The highest BCUT2D eigenvalue weighted by Crippen LogP contribution is 2.41. The highest BCUT2D eigenvalue weighted by Gasteiger charge is 2.50. The van der Waals surface area contributed by atoms with E-state index in [1.807, 2.05) is 25.1 Å². The van der Waals surface area contributed by atoms with Gasteiger partial charge in [-0.25, -0.2) is 14.6 Å². The standard InChI is InChI=1S/C34H31N3O9/c1-4-34(46-29(40)13-21(38)11-18-5-7-19(8-6-18)32(42)43)25-14-27-30-20(15-37(27)31(41)24(25)17-45-33(34)44)12-22-23(16-36(2)3)28(39)10-9-26(22)35-30/h5-10,12,14,39H,4,11,13,15-17H2,1-3H3,(H,42,43)/t34-/m0/s1. The van der Waals surface area contributed by atoms with Crippen LogP contribution in [-0.4, -0.2) is 62.5 Å². The first-order valence-electron chi connectivity index (χ1n) is 14.7. The number of aromatic carboxylic acids is 1. The molecule has 236 valence electrons. The number of hydrogen-bond donors (Lipinski definition) is 2. The predicted octanol–water partition coefficient (Wildman–Crippen LogP) is 3.30. The van der Waals surface area contributed by atoms with Crippen LogP contribution < -0.4 is 5.56 Å². The third-order valence-corrected chi connectivity index (χ3v) is 8.45. The Balaban J connectivity index is 1.34. The molecule has 1 atom stereocenters. The summed E-state index contributed by atoms with van der Waals surface area (Å²) in [6, 6.07) is 12.6. The lowest BCUT2D eigenvalue weighted by molar-refractivity contribution is -0.189. The molecular formula is C34H31N3O9. The molecule has 46 heavy (non-hydrogen) atoms. The Bertz CT molecular complexity index is 2010. The summed E-state index contributed by atoms with van der Waals surface area (Å²) in [5.41, 5.74) is 1.66. The molecule has 0 unspecified atom stereocenters. The molecule has 12 nitrogen and oxygen atoms in total. The van der Waals surface area contributed by atoms with E-state index in [0.717, 1.165) is 10.9 Å². The minimum atomic E-state index is -1.95. The molecule has 0 radical (unpaired) electrons. The van der Waals surface area contributed by atoms with E-state index in [2.05, 4.69) is 0 Å². The molecule has 0 amide bonds. The number of ether oxygens (including phenoxy) is 2. The van der Waals surface area contributed by atoms with Crippen LogP contribution in [0.3, 0.4) is 0 Å². The van der Waals surface area contributed by atoms with Gasteiger partial charge in [0.15, 0.2) is 0 Å². The van der Waals surface area contributed by atoms with Gasteiger partial charge >= 0.3 is 17.9 Å². The summed E-state index contributed by atoms with van der Waals surface area (Å²) in [5.74, 6) is -3.26. The number of phenols is 1. The second-order valence-electron chi connectivity index (χ2n) is 11.8. The number of benzene rings is 2. The molecule has 6 rings (SSSR count). The third-order valence-electron chi connectivity index (χ3n) is 8.45. The second kappa shape index (κ2) is 11.5. The van der Waals surface area contributed by atoms with Gasteiger partial charge in [0, 0.05) is 35.0 Å². The normalized spacial score (nSPS) is 16.5. The van der Waals surface area contributed by atoms with Crippen molar-refractivity contribution in [1.29, 1.82) is 0 Å². The van der Waals surface area contributed by atoms with E-state index in [1.54, 1.807) is 29.7 Å². The van der Waals surface area contributed by atoms with Crippen LogP contribution in [0, 0.1) is 0 Å². The van der Waals surface area contributed by atoms with Crippen LogP contribution in [0.15, 0.2) is 53.3 Å². The minimum absolute atomic E-state index is 0.0521. The Morgan fingerprint density at radius 1 is 1.09 bits per heavy atom. The van der Waals surface area contributed by atoms with Crippen molar-refractivity contribution in [2.24, 2.45) is 0 Å². The largest absolute Gasteiger partial charge is 0.508 e. The molecule has 0 saturated heterocycles. The maximum absolute atomic E-state index is 13.8. The number of hydrogen-bond acceptors (Lipinski definition) is 10. The molecule has 0 aliphatic carbocycles. The SMILES string of the molecule is CC[C@@]1(OC(=O)CC(=O)Cc2ccc(C(=O)O)cc2)C(=O)OCc2c1cc1n(c2=O)Cc2cc3c(CN(C)C)c(O)ccc3nc2-1. The van der Waals surface area contributed by atoms with Gasteiger partial charge in [-0.1, -0.05) is 19.1 Å². The predicted molar refractivity (Wildman–Crippen MR) is 164 cm³/mol. The highest BCUT2D eigenvalue weighted by atomic mass is 16.6. The summed E-state index contributed by atoms with van der Waals surface area (Å²) in [6.45, 7) is 2.02. The fourth-order valence-electron chi connectivity index (χ4n) is 6.19. The first-order chi connectivity index (χ1) is 21.9. The number of pyridine rings is 2. The summed E-state index contributed by atoms with van der Waals surface area (Å²) < 4.78 is 12.7. The van der Waals surface area contributed by atoms with Crippen LogP contribution in [0.5, 0.6) is 5.75 Å². The number of carboxylic acids is 1. The maximum atomic E-state index is 13.8. The molecule has 2 N–H and O–H groups in total. The second-order valence-corrected chi connectivity index (χ2v) is 11.8. The molecule has 2 aromatic carbocycles. The number of carboxylic acid groups (broad SMARTS) is 1. The quantitative estimate of drug-likeness (QED) is 0.182. The molecular weight excluding hydrogens is 594 g/mol. The van der Waals surface area contributed by atoms with E-state index in [0.29, 0.717) is 34.6 Å². The monoisotopic (exact) mass is 625 g/mol. The van der Waals surface area contributed by atoms with Gasteiger partial charge in [-0.2, -0.15) is 0 Å². The molecule has 0 fully saturated rings. The number of fused-ring (bicyclic) bond motifs is 5. The van der Waals surface area contributed by atoms with E-state index < -0.39 is 41.3 Å². The minimum Gasteiger partial charge on any atom is -0.508 e. The first kappa shape index (κ1) is 30.7. The number of ketones is 1. The van der Waals surface area contributed by atoms with Crippen LogP contribution >= 0.6 is 0 Å². The summed E-state index contributed by atoms with van der Waals surface area (Å²) in [4.78, 5) is 70.9. The Hall–Kier alpha value is -5.36.